The summed E-state index contributed by atoms with van der Waals surface area (Å²) in [4.78, 5) is 21.0. The maximum atomic E-state index is 12.2. The van der Waals surface area contributed by atoms with E-state index in [-0.39, 0.29) is 19.2 Å². The van der Waals surface area contributed by atoms with Gasteiger partial charge in [0.25, 0.3) is 0 Å². The standard InChI is InChI=1S/C18H18N4O3S/c1-2-13-9-26-18(21-13)14-7-22(10-20-14)8-17(23)19-6-12-3-4-15-16(5-12)25-11-24-15/h3-5,7,9-10H,2,6,8,11H2,1H3,(H,19,23). The van der Waals surface area contributed by atoms with Crippen LogP contribution < -0.4 is 14.8 Å². The summed E-state index contributed by atoms with van der Waals surface area (Å²) in [5.74, 6) is 1.37. The lowest BCUT2D eigenvalue weighted by molar-refractivity contribution is -0.121. The molecule has 0 aliphatic carbocycles. The molecule has 0 unspecified atom stereocenters. The number of benzene rings is 1. The summed E-state index contributed by atoms with van der Waals surface area (Å²) in [6, 6.07) is 5.65. The van der Waals surface area contributed by atoms with E-state index in [0.717, 1.165) is 34.1 Å². The van der Waals surface area contributed by atoms with Gasteiger partial charge in [0.1, 0.15) is 17.2 Å². The number of imidazole rings is 1. The topological polar surface area (TPSA) is 78.3 Å². The Morgan fingerprint density at radius 3 is 3.08 bits per heavy atom. The molecule has 1 aromatic carbocycles. The molecule has 0 atom stereocenters. The fourth-order valence-electron chi connectivity index (χ4n) is 2.62. The normalized spacial score (nSPS) is 12.3. The van der Waals surface area contributed by atoms with E-state index in [1.807, 2.05) is 29.8 Å². The van der Waals surface area contributed by atoms with E-state index in [1.165, 1.54) is 0 Å². The molecular formula is C18H18N4O3S. The van der Waals surface area contributed by atoms with Crippen LogP contribution in [0.25, 0.3) is 10.7 Å². The molecule has 134 valence electrons. The first-order valence-corrected chi connectivity index (χ1v) is 9.21. The van der Waals surface area contributed by atoms with Gasteiger partial charge in [0.2, 0.25) is 12.7 Å². The molecule has 0 radical (unpaired) electrons. The van der Waals surface area contributed by atoms with Gasteiger partial charge in [0.05, 0.1) is 12.0 Å². The molecule has 1 amide bonds. The average Bonchev–Trinajstić information content (AvgIpc) is 3.39. The van der Waals surface area contributed by atoms with Crippen LogP contribution in [0.1, 0.15) is 18.2 Å². The summed E-state index contributed by atoms with van der Waals surface area (Å²) >= 11 is 1.57. The van der Waals surface area contributed by atoms with Crippen LogP contribution in [0.2, 0.25) is 0 Å². The van der Waals surface area contributed by atoms with Crippen LogP contribution in [0.15, 0.2) is 36.1 Å². The minimum absolute atomic E-state index is 0.0833. The smallest absolute Gasteiger partial charge is 0.240 e. The van der Waals surface area contributed by atoms with Crippen LogP contribution in [0.4, 0.5) is 0 Å². The Balaban J connectivity index is 1.33. The molecule has 2 aromatic heterocycles. The molecule has 0 fully saturated rings. The third-order valence-electron chi connectivity index (χ3n) is 4.02. The second kappa shape index (κ2) is 7.17. The Hall–Kier alpha value is -2.87. The van der Waals surface area contributed by atoms with E-state index in [1.54, 1.807) is 22.2 Å². The summed E-state index contributed by atoms with van der Waals surface area (Å²) in [6.45, 7) is 2.96. The zero-order chi connectivity index (χ0) is 17.9. The highest BCUT2D eigenvalue weighted by Gasteiger charge is 2.14. The van der Waals surface area contributed by atoms with E-state index in [2.05, 4.69) is 22.2 Å². The van der Waals surface area contributed by atoms with Gasteiger partial charge in [-0.25, -0.2) is 9.97 Å². The Bertz CT molecular complexity index is 934. The number of amides is 1. The maximum Gasteiger partial charge on any atom is 0.240 e. The van der Waals surface area contributed by atoms with Gasteiger partial charge >= 0.3 is 0 Å². The molecule has 0 bridgehead atoms. The van der Waals surface area contributed by atoms with Crippen molar-refractivity contribution in [3.8, 4) is 22.2 Å². The van der Waals surface area contributed by atoms with Crippen LogP contribution in [-0.2, 0) is 24.3 Å². The number of carbonyl (C=O) groups excluding carboxylic acids is 1. The van der Waals surface area contributed by atoms with Gasteiger partial charge in [-0.15, -0.1) is 11.3 Å². The summed E-state index contributed by atoms with van der Waals surface area (Å²) in [7, 11) is 0. The first kappa shape index (κ1) is 16.6. The molecule has 3 aromatic rings. The van der Waals surface area contributed by atoms with Crippen molar-refractivity contribution in [2.75, 3.05) is 6.79 Å². The van der Waals surface area contributed by atoms with Crippen molar-refractivity contribution in [3.05, 3.63) is 47.4 Å². The quantitative estimate of drug-likeness (QED) is 0.722. The molecule has 8 heteroatoms. The molecule has 4 rings (SSSR count). The summed E-state index contributed by atoms with van der Waals surface area (Å²) < 4.78 is 12.4. The molecule has 1 aliphatic rings. The van der Waals surface area contributed by atoms with Crippen molar-refractivity contribution >= 4 is 17.2 Å². The number of ether oxygens (including phenoxy) is 2. The van der Waals surface area contributed by atoms with E-state index in [4.69, 9.17) is 9.47 Å². The number of carbonyl (C=O) groups is 1. The van der Waals surface area contributed by atoms with Crippen LogP contribution >= 0.6 is 11.3 Å². The second-order valence-corrected chi connectivity index (χ2v) is 6.75. The molecular weight excluding hydrogens is 352 g/mol. The molecule has 1 aliphatic heterocycles. The Morgan fingerprint density at radius 1 is 1.35 bits per heavy atom. The number of aromatic nitrogens is 3. The van der Waals surface area contributed by atoms with Gasteiger partial charge < -0.3 is 19.4 Å². The summed E-state index contributed by atoms with van der Waals surface area (Å²) in [6.07, 6.45) is 4.40. The fraction of sp³-hybridized carbons (Fsp3) is 0.278. The van der Waals surface area contributed by atoms with Crippen molar-refractivity contribution in [1.29, 1.82) is 0 Å². The lowest BCUT2D eigenvalue weighted by Crippen LogP contribution is -2.26. The van der Waals surface area contributed by atoms with Gasteiger partial charge in [-0.1, -0.05) is 13.0 Å². The van der Waals surface area contributed by atoms with E-state index >= 15 is 0 Å². The van der Waals surface area contributed by atoms with Crippen molar-refractivity contribution in [2.24, 2.45) is 0 Å². The number of nitrogens with zero attached hydrogens (tertiary/aromatic N) is 3. The molecule has 0 saturated heterocycles. The van der Waals surface area contributed by atoms with Gasteiger partial charge in [-0.3, -0.25) is 4.79 Å². The summed E-state index contributed by atoms with van der Waals surface area (Å²) in [5.41, 5.74) is 2.81. The highest BCUT2D eigenvalue weighted by atomic mass is 32.1. The Kier molecular flexibility index (Phi) is 4.57. The first-order chi connectivity index (χ1) is 12.7. The second-order valence-electron chi connectivity index (χ2n) is 5.89. The summed E-state index contributed by atoms with van der Waals surface area (Å²) in [5, 5.41) is 5.81. The van der Waals surface area contributed by atoms with Crippen molar-refractivity contribution < 1.29 is 14.3 Å². The molecule has 0 spiro atoms. The lowest BCUT2D eigenvalue weighted by Gasteiger charge is -2.06. The number of fused-ring (bicyclic) bond motifs is 1. The molecule has 0 saturated carbocycles. The van der Waals surface area contributed by atoms with Crippen LogP contribution in [0.5, 0.6) is 11.5 Å². The zero-order valence-electron chi connectivity index (χ0n) is 14.3. The lowest BCUT2D eigenvalue weighted by atomic mass is 10.2. The molecule has 3 heterocycles. The molecule has 7 nitrogen and oxygen atoms in total. The van der Waals surface area contributed by atoms with Crippen LogP contribution in [0.3, 0.4) is 0 Å². The monoisotopic (exact) mass is 370 g/mol. The fourth-order valence-corrected chi connectivity index (χ4v) is 3.48. The number of rotatable bonds is 6. The minimum atomic E-state index is -0.0833. The van der Waals surface area contributed by atoms with Crippen molar-refractivity contribution in [2.45, 2.75) is 26.4 Å². The largest absolute Gasteiger partial charge is 0.454 e. The van der Waals surface area contributed by atoms with Gasteiger partial charge in [-0.05, 0) is 24.1 Å². The molecule has 1 N–H and O–H groups in total. The average molecular weight is 370 g/mol. The van der Waals surface area contributed by atoms with Crippen molar-refractivity contribution in [1.82, 2.24) is 19.9 Å². The highest BCUT2D eigenvalue weighted by molar-refractivity contribution is 7.13. The highest BCUT2D eigenvalue weighted by Crippen LogP contribution is 2.32. The Morgan fingerprint density at radius 2 is 2.23 bits per heavy atom. The van der Waals surface area contributed by atoms with Crippen LogP contribution in [0, 0.1) is 0 Å². The number of aryl methyl sites for hydroxylation is 1. The predicted octanol–water partition coefficient (Wildman–Crippen LogP) is 2.61. The van der Waals surface area contributed by atoms with E-state index < -0.39 is 0 Å². The van der Waals surface area contributed by atoms with Gasteiger partial charge in [0, 0.05) is 18.1 Å². The van der Waals surface area contributed by atoms with Crippen LogP contribution in [-0.4, -0.2) is 27.2 Å². The third kappa shape index (κ3) is 3.55. The SMILES string of the molecule is CCc1csc(-c2cn(CC(=O)NCc3ccc4c(c3)OCO4)cn2)n1. The first-order valence-electron chi connectivity index (χ1n) is 8.33. The van der Waals surface area contributed by atoms with Gasteiger partial charge in [0.15, 0.2) is 11.5 Å². The molecule has 26 heavy (non-hydrogen) atoms. The zero-order valence-corrected chi connectivity index (χ0v) is 15.1. The number of hydrogen-bond donors (Lipinski definition) is 1. The van der Waals surface area contributed by atoms with E-state index in [9.17, 15) is 4.79 Å². The number of nitrogens with one attached hydrogen (secondary N) is 1. The maximum absolute atomic E-state index is 12.2. The minimum Gasteiger partial charge on any atom is -0.454 e. The number of hydrogen-bond acceptors (Lipinski definition) is 6. The van der Waals surface area contributed by atoms with E-state index in [0.29, 0.717) is 12.3 Å². The Labute approximate surface area is 154 Å². The van der Waals surface area contributed by atoms with Crippen molar-refractivity contribution in [3.63, 3.8) is 0 Å². The number of thiazole rings is 1. The third-order valence-corrected chi connectivity index (χ3v) is 4.93. The van der Waals surface area contributed by atoms with Gasteiger partial charge in [-0.2, -0.15) is 0 Å². The predicted molar refractivity (Wildman–Crippen MR) is 97.1 cm³/mol.